The Labute approximate surface area is 107 Å². The summed E-state index contributed by atoms with van der Waals surface area (Å²) in [5, 5.41) is 11.5. The number of amides is 1. The number of nitrogens with one attached hydrogen (secondary N) is 1. The van der Waals surface area contributed by atoms with E-state index in [2.05, 4.69) is 5.32 Å². The maximum Gasteiger partial charge on any atom is 0.254 e. The summed E-state index contributed by atoms with van der Waals surface area (Å²) in [7, 11) is 0. The lowest BCUT2D eigenvalue weighted by Gasteiger charge is -2.09. The molecule has 0 aromatic heterocycles. The summed E-state index contributed by atoms with van der Waals surface area (Å²) in [4.78, 5) is 11.7. The lowest BCUT2D eigenvalue weighted by Crippen LogP contribution is -2.25. The Morgan fingerprint density at radius 2 is 2.22 bits per heavy atom. The van der Waals surface area contributed by atoms with Gasteiger partial charge < -0.3 is 10.4 Å². The summed E-state index contributed by atoms with van der Waals surface area (Å²) >= 11 is 0. The average molecular weight is 253 g/mol. The van der Waals surface area contributed by atoms with Crippen LogP contribution in [0.1, 0.15) is 35.7 Å². The van der Waals surface area contributed by atoms with Gasteiger partial charge in [0.2, 0.25) is 0 Å². The minimum absolute atomic E-state index is 0.0882. The summed E-state index contributed by atoms with van der Waals surface area (Å²) in [6, 6.07) is 4.48. The number of carbonyl (C=O) groups is 1. The second-order valence-electron chi connectivity index (χ2n) is 4.67. The van der Waals surface area contributed by atoms with Crippen molar-refractivity contribution < 1.29 is 14.3 Å². The van der Waals surface area contributed by atoms with Gasteiger partial charge in [0.15, 0.2) is 0 Å². The first-order valence-electron chi connectivity index (χ1n) is 6.19. The van der Waals surface area contributed by atoms with Crippen LogP contribution in [-0.2, 0) is 0 Å². The molecule has 1 atom stereocenters. The molecular weight excluding hydrogens is 233 g/mol. The van der Waals surface area contributed by atoms with Crippen LogP contribution in [0, 0.1) is 18.7 Å². The predicted molar refractivity (Wildman–Crippen MR) is 69.0 cm³/mol. The molecule has 0 saturated heterocycles. The van der Waals surface area contributed by atoms with Gasteiger partial charge in [0.05, 0.1) is 5.56 Å². The molecule has 1 aromatic rings. The number of rotatable bonds is 6. The Morgan fingerprint density at radius 3 is 2.89 bits per heavy atom. The van der Waals surface area contributed by atoms with Crippen molar-refractivity contribution in [3.05, 3.63) is 35.1 Å². The lowest BCUT2D eigenvalue weighted by molar-refractivity contribution is 0.0948. The molecule has 1 rings (SSSR count). The zero-order chi connectivity index (χ0) is 13.5. The summed E-state index contributed by atoms with van der Waals surface area (Å²) in [6.45, 7) is 4.41. The van der Waals surface area contributed by atoms with Crippen molar-refractivity contribution in [2.45, 2.75) is 26.7 Å². The summed E-state index contributed by atoms with van der Waals surface area (Å²) in [6.07, 6.45) is 1.62. The van der Waals surface area contributed by atoms with Crippen LogP contribution in [-0.4, -0.2) is 24.2 Å². The molecular formula is C14H20FNO2. The van der Waals surface area contributed by atoms with Crippen LogP contribution in [0.2, 0.25) is 0 Å². The van der Waals surface area contributed by atoms with Crippen LogP contribution in [0.5, 0.6) is 0 Å². The SMILES string of the molecule is Cc1ccc(F)c(C(=O)NCCCC(C)CO)c1. The standard InChI is InChI=1S/C14H20FNO2/c1-10-5-6-13(15)12(8-10)14(18)16-7-3-4-11(2)9-17/h5-6,8,11,17H,3-4,7,9H2,1-2H3,(H,16,18). The van der Waals surface area contributed by atoms with Gasteiger partial charge in [-0.15, -0.1) is 0 Å². The van der Waals surface area contributed by atoms with Crippen LogP contribution >= 0.6 is 0 Å². The monoisotopic (exact) mass is 253 g/mol. The van der Waals surface area contributed by atoms with E-state index in [4.69, 9.17) is 5.11 Å². The Bertz CT molecular complexity index is 407. The molecule has 0 aliphatic carbocycles. The summed E-state index contributed by atoms with van der Waals surface area (Å²) in [5.74, 6) is -0.646. The fourth-order valence-electron chi connectivity index (χ4n) is 1.65. The molecule has 0 aliphatic rings. The molecule has 0 bridgehead atoms. The smallest absolute Gasteiger partial charge is 0.254 e. The Kier molecular flexibility index (Phi) is 5.78. The highest BCUT2D eigenvalue weighted by Gasteiger charge is 2.11. The predicted octanol–water partition coefficient (Wildman–Crippen LogP) is 2.27. The van der Waals surface area contributed by atoms with Gasteiger partial charge in [0.1, 0.15) is 5.82 Å². The Hall–Kier alpha value is -1.42. The van der Waals surface area contributed by atoms with E-state index in [1.165, 1.54) is 6.07 Å². The average Bonchev–Trinajstić information content (AvgIpc) is 2.36. The van der Waals surface area contributed by atoms with E-state index in [0.29, 0.717) is 6.54 Å². The quantitative estimate of drug-likeness (QED) is 0.764. The van der Waals surface area contributed by atoms with Crippen molar-refractivity contribution in [3.63, 3.8) is 0 Å². The summed E-state index contributed by atoms with van der Waals surface area (Å²) < 4.78 is 13.4. The second kappa shape index (κ2) is 7.11. The minimum atomic E-state index is -0.498. The fourth-order valence-corrected chi connectivity index (χ4v) is 1.65. The number of hydrogen-bond donors (Lipinski definition) is 2. The summed E-state index contributed by atoms with van der Waals surface area (Å²) in [5.41, 5.74) is 0.945. The molecule has 4 heteroatoms. The Morgan fingerprint density at radius 1 is 1.50 bits per heavy atom. The lowest BCUT2D eigenvalue weighted by atomic mass is 10.1. The molecule has 1 unspecified atom stereocenters. The van der Waals surface area contributed by atoms with E-state index in [0.717, 1.165) is 18.4 Å². The molecule has 0 spiro atoms. The van der Waals surface area contributed by atoms with Gasteiger partial charge in [-0.1, -0.05) is 18.6 Å². The van der Waals surface area contributed by atoms with Crippen molar-refractivity contribution >= 4 is 5.91 Å². The molecule has 0 saturated carbocycles. The van der Waals surface area contributed by atoms with Crippen LogP contribution < -0.4 is 5.32 Å². The molecule has 2 N–H and O–H groups in total. The largest absolute Gasteiger partial charge is 0.396 e. The van der Waals surface area contributed by atoms with Gasteiger partial charge in [0.25, 0.3) is 5.91 Å². The molecule has 0 heterocycles. The number of aryl methyl sites for hydroxylation is 1. The number of aliphatic hydroxyl groups excluding tert-OH is 1. The first kappa shape index (κ1) is 14.6. The van der Waals surface area contributed by atoms with Gasteiger partial charge in [-0.25, -0.2) is 4.39 Å². The highest BCUT2D eigenvalue weighted by atomic mass is 19.1. The maximum atomic E-state index is 13.4. The normalized spacial score (nSPS) is 12.2. The van der Waals surface area contributed by atoms with Crippen molar-refractivity contribution in [2.75, 3.05) is 13.2 Å². The van der Waals surface area contributed by atoms with E-state index in [9.17, 15) is 9.18 Å². The van der Waals surface area contributed by atoms with Crippen LogP contribution in [0.4, 0.5) is 4.39 Å². The first-order chi connectivity index (χ1) is 8.54. The van der Waals surface area contributed by atoms with Gasteiger partial charge >= 0.3 is 0 Å². The molecule has 18 heavy (non-hydrogen) atoms. The van der Waals surface area contributed by atoms with Crippen molar-refractivity contribution in [2.24, 2.45) is 5.92 Å². The molecule has 0 fully saturated rings. The third kappa shape index (κ3) is 4.45. The number of benzene rings is 1. The zero-order valence-electron chi connectivity index (χ0n) is 10.9. The Balaban J connectivity index is 2.43. The minimum Gasteiger partial charge on any atom is -0.396 e. The van der Waals surface area contributed by atoms with Crippen molar-refractivity contribution in [1.82, 2.24) is 5.32 Å². The molecule has 100 valence electrons. The number of halogens is 1. The van der Waals surface area contributed by atoms with Crippen molar-refractivity contribution in [3.8, 4) is 0 Å². The van der Waals surface area contributed by atoms with E-state index < -0.39 is 5.82 Å². The highest BCUT2D eigenvalue weighted by molar-refractivity contribution is 5.94. The first-order valence-corrected chi connectivity index (χ1v) is 6.19. The van der Waals surface area contributed by atoms with Gasteiger partial charge in [-0.2, -0.15) is 0 Å². The molecule has 0 radical (unpaired) electrons. The maximum absolute atomic E-state index is 13.4. The molecule has 0 aliphatic heterocycles. The molecule has 1 aromatic carbocycles. The van der Waals surface area contributed by atoms with E-state index in [1.807, 2.05) is 13.8 Å². The third-order valence-corrected chi connectivity index (χ3v) is 2.84. The van der Waals surface area contributed by atoms with E-state index in [-0.39, 0.29) is 24.0 Å². The zero-order valence-corrected chi connectivity index (χ0v) is 10.9. The highest BCUT2D eigenvalue weighted by Crippen LogP contribution is 2.10. The van der Waals surface area contributed by atoms with Gasteiger partial charge in [0, 0.05) is 13.2 Å². The fraction of sp³-hybridized carbons (Fsp3) is 0.500. The van der Waals surface area contributed by atoms with Crippen LogP contribution in [0.15, 0.2) is 18.2 Å². The van der Waals surface area contributed by atoms with Gasteiger partial charge in [-0.05, 0) is 37.8 Å². The van der Waals surface area contributed by atoms with Gasteiger partial charge in [-0.3, -0.25) is 4.79 Å². The number of aliphatic hydroxyl groups is 1. The number of hydrogen-bond acceptors (Lipinski definition) is 2. The van der Waals surface area contributed by atoms with E-state index in [1.54, 1.807) is 12.1 Å². The van der Waals surface area contributed by atoms with Crippen LogP contribution in [0.3, 0.4) is 0 Å². The second-order valence-corrected chi connectivity index (χ2v) is 4.67. The third-order valence-electron chi connectivity index (χ3n) is 2.84. The van der Waals surface area contributed by atoms with Crippen molar-refractivity contribution in [1.29, 1.82) is 0 Å². The number of carbonyl (C=O) groups excluding carboxylic acids is 1. The van der Waals surface area contributed by atoms with E-state index >= 15 is 0 Å². The molecule has 1 amide bonds. The molecule has 3 nitrogen and oxygen atoms in total. The van der Waals surface area contributed by atoms with Crippen LogP contribution in [0.25, 0.3) is 0 Å². The topological polar surface area (TPSA) is 49.3 Å².